The molecule has 0 aliphatic carbocycles. The standard InChI is InChI=1S/C12H9ClF2N2O2S/c13-7-2-1-3-8(4-7)20(18,19)17-12-6-11(16)9(14)5-10(12)15/h1-6,17H,16H2. The molecule has 3 N–H and O–H groups in total. The van der Waals surface area contributed by atoms with Crippen molar-refractivity contribution in [2.24, 2.45) is 0 Å². The number of nitrogen functional groups attached to an aromatic ring is 1. The summed E-state index contributed by atoms with van der Waals surface area (Å²) in [4.78, 5) is -0.146. The van der Waals surface area contributed by atoms with E-state index in [0.717, 1.165) is 6.07 Å². The molecule has 0 aromatic heterocycles. The molecule has 0 heterocycles. The molecule has 0 spiro atoms. The van der Waals surface area contributed by atoms with Crippen LogP contribution in [0.1, 0.15) is 0 Å². The molecule has 0 aliphatic rings. The summed E-state index contributed by atoms with van der Waals surface area (Å²) in [6, 6.07) is 6.80. The van der Waals surface area contributed by atoms with Crippen LogP contribution in [0, 0.1) is 11.6 Å². The fourth-order valence-electron chi connectivity index (χ4n) is 1.48. The van der Waals surface area contributed by atoms with Crippen molar-refractivity contribution in [2.75, 3.05) is 10.5 Å². The first kappa shape index (κ1) is 14.5. The van der Waals surface area contributed by atoms with Gasteiger partial charge in [0.2, 0.25) is 0 Å². The molecule has 0 aliphatic heterocycles. The van der Waals surface area contributed by atoms with E-state index in [2.05, 4.69) is 0 Å². The summed E-state index contributed by atoms with van der Waals surface area (Å²) in [5.74, 6) is -2.03. The Morgan fingerprint density at radius 2 is 1.80 bits per heavy atom. The maximum atomic E-state index is 13.5. The number of rotatable bonds is 3. The van der Waals surface area contributed by atoms with E-state index >= 15 is 0 Å². The third-order valence-corrected chi connectivity index (χ3v) is 4.04. The van der Waals surface area contributed by atoms with Crippen LogP contribution >= 0.6 is 11.6 Å². The summed E-state index contributed by atoms with van der Waals surface area (Å²) in [6.07, 6.45) is 0. The lowest BCUT2D eigenvalue weighted by Crippen LogP contribution is -2.14. The summed E-state index contributed by atoms with van der Waals surface area (Å²) in [5.41, 5.74) is 4.47. The molecule has 0 unspecified atom stereocenters. The van der Waals surface area contributed by atoms with E-state index in [4.69, 9.17) is 17.3 Å². The SMILES string of the molecule is Nc1cc(NS(=O)(=O)c2cccc(Cl)c2)c(F)cc1F. The van der Waals surface area contributed by atoms with Gasteiger partial charge in [0.25, 0.3) is 10.0 Å². The average molecular weight is 319 g/mol. The first-order valence-electron chi connectivity index (χ1n) is 5.32. The number of hydrogen-bond acceptors (Lipinski definition) is 3. The number of nitrogens with two attached hydrogens (primary N) is 1. The third-order valence-electron chi connectivity index (χ3n) is 2.44. The van der Waals surface area contributed by atoms with Crippen molar-refractivity contribution in [3.05, 3.63) is 53.1 Å². The molecule has 0 fully saturated rings. The Labute approximate surface area is 119 Å². The highest BCUT2D eigenvalue weighted by molar-refractivity contribution is 7.92. The van der Waals surface area contributed by atoms with E-state index in [9.17, 15) is 17.2 Å². The van der Waals surface area contributed by atoms with Crippen molar-refractivity contribution < 1.29 is 17.2 Å². The number of benzene rings is 2. The van der Waals surface area contributed by atoms with Crippen LogP contribution in [0.15, 0.2) is 41.3 Å². The average Bonchev–Trinajstić information content (AvgIpc) is 2.36. The summed E-state index contributed by atoms with van der Waals surface area (Å²) in [6.45, 7) is 0. The lowest BCUT2D eigenvalue weighted by molar-refractivity contribution is 0.585. The maximum absolute atomic E-state index is 13.5. The van der Waals surface area contributed by atoms with Gasteiger partial charge in [-0.25, -0.2) is 17.2 Å². The van der Waals surface area contributed by atoms with E-state index in [1.54, 1.807) is 0 Å². The second-order valence-corrected chi connectivity index (χ2v) is 6.04. The molecule has 4 nitrogen and oxygen atoms in total. The van der Waals surface area contributed by atoms with Gasteiger partial charge in [0.05, 0.1) is 16.3 Å². The maximum Gasteiger partial charge on any atom is 0.262 e. The minimum atomic E-state index is -4.04. The number of sulfonamides is 1. The Morgan fingerprint density at radius 3 is 2.45 bits per heavy atom. The quantitative estimate of drug-likeness (QED) is 0.854. The van der Waals surface area contributed by atoms with Crippen LogP contribution in [-0.2, 0) is 10.0 Å². The van der Waals surface area contributed by atoms with Gasteiger partial charge in [-0.3, -0.25) is 4.72 Å². The van der Waals surface area contributed by atoms with Crippen molar-refractivity contribution in [3.8, 4) is 0 Å². The zero-order chi connectivity index (χ0) is 14.9. The van der Waals surface area contributed by atoms with Crippen molar-refractivity contribution in [2.45, 2.75) is 4.90 Å². The smallest absolute Gasteiger partial charge is 0.262 e. The first-order chi connectivity index (χ1) is 9.29. The van der Waals surface area contributed by atoms with Gasteiger partial charge in [-0.15, -0.1) is 0 Å². The largest absolute Gasteiger partial charge is 0.396 e. The number of hydrogen-bond donors (Lipinski definition) is 2. The molecule has 2 rings (SSSR count). The highest BCUT2D eigenvalue weighted by Crippen LogP contribution is 2.24. The molecule has 0 radical (unpaired) electrons. The predicted octanol–water partition coefficient (Wildman–Crippen LogP) is 3.00. The van der Waals surface area contributed by atoms with Gasteiger partial charge in [-0.2, -0.15) is 0 Å². The van der Waals surface area contributed by atoms with Crippen molar-refractivity contribution in [3.63, 3.8) is 0 Å². The van der Waals surface area contributed by atoms with Gasteiger partial charge in [-0.1, -0.05) is 17.7 Å². The van der Waals surface area contributed by atoms with Crippen LogP contribution in [0.5, 0.6) is 0 Å². The summed E-state index contributed by atoms with van der Waals surface area (Å²) < 4.78 is 52.6. The topological polar surface area (TPSA) is 72.2 Å². The molecule has 2 aromatic carbocycles. The van der Waals surface area contributed by atoms with Crippen LogP contribution in [0.25, 0.3) is 0 Å². The summed E-state index contributed by atoms with van der Waals surface area (Å²) in [7, 11) is -4.04. The number of anilines is 2. The lowest BCUT2D eigenvalue weighted by Gasteiger charge is -2.10. The number of halogens is 3. The van der Waals surface area contributed by atoms with Gasteiger partial charge in [0.1, 0.15) is 11.6 Å². The van der Waals surface area contributed by atoms with Gasteiger partial charge in [-0.05, 0) is 24.3 Å². The van der Waals surface area contributed by atoms with Gasteiger partial charge in [0, 0.05) is 11.1 Å². The fraction of sp³-hybridized carbons (Fsp3) is 0. The van der Waals surface area contributed by atoms with Crippen LogP contribution in [0.3, 0.4) is 0 Å². The Bertz CT molecular complexity index is 766. The van der Waals surface area contributed by atoms with Crippen molar-refractivity contribution in [1.82, 2.24) is 0 Å². The minimum Gasteiger partial charge on any atom is -0.396 e. The van der Waals surface area contributed by atoms with Crippen molar-refractivity contribution >= 4 is 33.0 Å². The normalized spacial score (nSPS) is 11.3. The number of nitrogens with one attached hydrogen (secondary N) is 1. The van der Waals surface area contributed by atoms with E-state index in [1.165, 1.54) is 24.3 Å². The van der Waals surface area contributed by atoms with E-state index in [-0.39, 0.29) is 15.6 Å². The third kappa shape index (κ3) is 3.00. The summed E-state index contributed by atoms with van der Waals surface area (Å²) in [5, 5.41) is 0.215. The highest BCUT2D eigenvalue weighted by atomic mass is 35.5. The Balaban J connectivity index is 2.41. The van der Waals surface area contributed by atoms with E-state index in [1.807, 2.05) is 4.72 Å². The van der Waals surface area contributed by atoms with E-state index < -0.39 is 27.3 Å². The van der Waals surface area contributed by atoms with Crippen LogP contribution in [-0.4, -0.2) is 8.42 Å². The van der Waals surface area contributed by atoms with Crippen LogP contribution < -0.4 is 10.5 Å². The molecular weight excluding hydrogens is 310 g/mol. The molecular formula is C12H9ClF2N2O2S. The molecule has 20 heavy (non-hydrogen) atoms. The first-order valence-corrected chi connectivity index (χ1v) is 7.18. The Hall–Kier alpha value is -1.86. The minimum absolute atomic E-state index is 0.146. The second kappa shape index (κ2) is 5.26. The highest BCUT2D eigenvalue weighted by Gasteiger charge is 2.18. The summed E-state index contributed by atoms with van der Waals surface area (Å²) >= 11 is 5.70. The Kier molecular flexibility index (Phi) is 3.82. The lowest BCUT2D eigenvalue weighted by atomic mass is 10.2. The molecule has 2 aromatic rings. The zero-order valence-electron chi connectivity index (χ0n) is 9.90. The monoisotopic (exact) mass is 318 g/mol. The van der Waals surface area contributed by atoms with Crippen LogP contribution in [0.2, 0.25) is 5.02 Å². The molecule has 0 bridgehead atoms. The predicted molar refractivity (Wildman–Crippen MR) is 73.0 cm³/mol. The van der Waals surface area contributed by atoms with E-state index in [0.29, 0.717) is 6.07 Å². The van der Waals surface area contributed by atoms with Crippen molar-refractivity contribution in [1.29, 1.82) is 0 Å². The molecule has 8 heteroatoms. The van der Waals surface area contributed by atoms with Gasteiger partial charge < -0.3 is 5.73 Å². The van der Waals surface area contributed by atoms with Gasteiger partial charge in [0.15, 0.2) is 0 Å². The molecule has 0 amide bonds. The molecule has 0 saturated heterocycles. The molecule has 0 saturated carbocycles. The molecule has 106 valence electrons. The fourth-order valence-corrected chi connectivity index (χ4v) is 2.84. The Morgan fingerprint density at radius 1 is 1.10 bits per heavy atom. The van der Waals surface area contributed by atoms with Crippen LogP contribution in [0.4, 0.5) is 20.2 Å². The zero-order valence-corrected chi connectivity index (χ0v) is 11.5. The van der Waals surface area contributed by atoms with Gasteiger partial charge >= 0.3 is 0 Å². The molecule has 0 atom stereocenters. The second-order valence-electron chi connectivity index (χ2n) is 3.92.